The van der Waals surface area contributed by atoms with Crippen LogP contribution in [0.4, 0.5) is 5.69 Å². The Morgan fingerprint density at radius 3 is 2.85 bits per heavy atom. The summed E-state index contributed by atoms with van der Waals surface area (Å²) in [7, 11) is 1.63. The van der Waals surface area contributed by atoms with Gasteiger partial charge in [-0.05, 0) is 34.1 Å². The van der Waals surface area contributed by atoms with E-state index in [4.69, 9.17) is 9.84 Å². The second-order valence-electron chi connectivity index (χ2n) is 2.50. The highest BCUT2D eigenvalue weighted by Gasteiger charge is 1.99. The van der Waals surface area contributed by atoms with Crippen molar-refractivity contribution in [3.05, 3.63) is 22.7 Å². The van der Waals surface area contributed by atoms with E-state index in [9.17, 15) is 0 Å². The fourth-order valence-electron chi connectivity index (χ4n) is 0.977. The predicted molar refractivity (Wildman–Crippen MR) is 56.3 cm³/mol. The smallest absolute Gasteiger partial charge is 0.133 e. The van der Waals surface area contributed by atoms with Crippen molar-refractivity contribution in [1.29, 1.82) is 0 Å². The van der Waals surface area contributed by atoms with E-state index in [0.29, 0.717) is 6.54 Å². The number of halogens is 1. The summed E-state index contributed by atoms with van der Waals surface area (Å²) in [6.07, 6.45) is 0. The van der Waals surface area contributed by atoms with Gasteiger partial charge in [0.1, 0.15) is 5.75 Å². The lowest BCUT2D eigenvalue weighted by Gasteiger charge is -2.07. The molecule has 0 amide bonds. The van der Waals surface area contributed by atoms with Gasteiger partial charge in [0, 0.05) is 12.2 Å². The number of ether oxygens (including phenoxy) is 1. The Hall–Kier alpha value is -0.740. The van der Waals surface area contributed by atoms with E-state index in [1.54, 1.807) is 7.11 Å². The molecule has 3 nitrogen and oxygen atoms in total. The zero-order valence-corrected chi connectivity index (χ0v) is 8.97. The molecule has 0 aromatic heterocycles. The molecule has 0 fully saturated rings. The quantitative estimate of drug-likeness (QED) is 0.852. The lowest BCUT2D eigenvalue weighted by Crippen LogP contribution is -2.05. The van der Waals surface area contributed by atoms with Crippen molar-refractivity contribution in [3.63, 3.8) is 0 Å². The van der Waals surface area contributed by atoms with Crippen molar-refractivity contribution in [2.75, 3.05) is 25.6 Å². The minimum atomic E-state index is 0.129. The van der Waals surface area contributed by atoms with Crippen LogP contribution in [0.1, 0.15) is 0 Å². The van der Waals surface area contributed by atoms with Crippen LogP contribution in [0, 0.1) is 0 Å². The van der Waals surface area contributed by atoms with E-state index < -0.39 is 0 Å². The van der Waals surface area contributed by atoms with E-state index in [1.165, 1.54) is 0 Å². The molecule has 0 spiro atoms. The molecule has 0 unspecified atom stereocenters. The molecule has 0 heterocycles. The molecule has 0 bridgehead atoms. The molecule has 13 heavy (non-hydrogen) atoms. The average molecular weight is 246 g/mol. The molecular formula is C9H12BrNO2. The van der Waals surface area contributed by atoms with Crippen LogP contribution >= 0.6 is 15.9 Å². The van der Waals surface area contributed by atoms with Gasteiger partial charge in [-0.2, -0.15) is 0 Å². The molecule has 0 saturated carbocycles. The molecule has 1 rings (SSSR count). The summed E-state index contributed by atoms with van der Waals surface area (Å²) in [6.45, 7) is 0.683. The number of aliphatic hydroxyl groups is 1. The normalized spacial score (nSPS) is 9.77. The van der Waals surface area contributed by atoms with Gasteiger partial charge < -0.3 is 15.2 Å². The highest BCUT2D eigenvalue weighted by atomic mass is 79.9. The summed E-state index contributed by atoms with van der Waals surface area (Å²) in [5.74, 6) is 0.801. The van der Waals surface area contributed by atoms with Crippen molar-refractivity contribution >= 4 is 21.6 Å². The third-order valence-corrected chi connectivity index (χ3v) is 2.21. The van der Waals surface area contributed by atoms with Crippen LogP contribution in [0.3, 0.4) is 0 Å². The van der Waals surface area contributed by atoms with E-state index in [2.05, 4.69) is 21.2 Å². The SMILES string of the molecule is COc1ccc(NCCO)cc1Br. The number of aliphatic hydroxyl groups excluding tert-OH is 1. The van der Waals surface area contributed by atoms with Gasteiger partial charge in [0.15, 0.2) is 0 Å². The molecule has 0 saturated heterocycles. The maximum absolute atomic E-state index is 8.60. The van der Waals surface area contributed by atoms with Crippen molar-refractivity contribution in [2.45, 2.75) is 0 Å². The Morgan fingerprint density at radius 2 is 2.31 bits per heavy atom. The summed E-state index contributed by atoms with van der Waals surface area (Å²) in [4.78, 5) is 0. The van der Waals surface area contributed by atoms with Crippen LogP contribution in [0.2, 0.25) is 0 Å². The first kappa shape index (κ1) is 10.3. The molecule has 1 aromatic carbocycles. The Balaban J connectivity index is 2.71. The van der Waals surface area contributed by atoms with Crippen LogP contribution in [0.25, 0.3) is 0 Å². The number of hydrogen-bond acceptors (Lipinski definition) is 3. The number of nitrogens with one attached hydrogen (secondary N) is 1. The van der Waals surface area contributed by atoms with Crippen LogP contribution in [0.5, 0.6) is 5.75 Å². The minimum Gasteiger partial charge on any atom is -0.496 e. The Bertz CT molecular complexity index is 278. The first-order chi connectivity index (χ1) is 6.27. The Kier molecular flexibility index (Phi) is 4.05. The van der Waals surface area contributed by atoms with Gasteiger partial charge in [0.25, 0.3) is 0 Å². The summed E-state index contributed by atoms with van der Waals surface area (Å²) in [5.41, 5.74) is 0.960. The maximum Gasteiger partial charge on any atom is 0.133 e. The molecule has 0 aliphatic rings. The topological polar surface area (TPSA) is 41.5 Å². The molecule has 1 aromatic rings. The fourth-order valence-corrected chi connectivity index (χ4v) is 1.52. The van der Waals surface area contributed by atoms with Gasteiger partial charge in [-0.15, -0.1) is 0 Å². The number of rotatable bonds is 4. The summed E-state index contributed by atoms with van der Waals surface area (Å²) in [6, 6.07) is 5.68. The third-order valence-electron chi connectivity index (χ3n) is 1.59. The van der Waals surface area contributed by atoms with Gasteiger partial charge in [-0.3, -0.25) is 0 Å². The van der Waals surface area contributed by atoms with Crippen LogP contribution in [-0.2, 0) is 0 Å². The van der Waals surface area contributed by atoms with Gasteiger partial charge >= 0.3 is 0 Å². The number of benzene rings is 1. The van der Waals surface area contributed by atoms with E-state index in [-0.39, 0.29) is 6.61 Å². The molecule has 4 heteroatoms. The third kappa shape index (κ3) is 2.90. The van der Waals surface area contributed by atoms with E-state index in [0.717, 1.165) is 15.9 Å². The van der Waals surface area contributed by atoms with Gasteiger partial charge in [0.2, 0.25) is 0 Å². The number of hydrogen-bond donors (Lipinski definition) is 2. The Labute approximate surface area is 85.9 Å². The van der Waals surface area contributed by atoms with Crippen molar-refractivity contribution in [1.82, 2.24) is 0 Å². The molecule has 0 aliphatic heterocycles. The molecular weight excluding hydrogens is 234 g/mol. The monoisotopic (exact) mass is 245 g/mol. The molecule has 72 valence electrons. The van der Waals surface area contributed by atoms with Crippen molar-refractivity contribution < 1.29 is 9.84 Å². The maximum atomic E-state index is 8.60. The average Bonchev–Trinajstić information content (AvgIpc) is 2.15. The second-order valence-corrected chi connectivity index (χ2v) is 3.35. The van der Waals surface area contributed by atoms with E-state index >= 15 is 0 Å². The molecule has 0 atom stereocenters. The zero-order chi connectivity index (χ0) is 9.68. The lowest BCUT2D eigenvalue weighted by atomic mass is 10.3. The Morgan fingerprint density at radius 1 is 1.54 bits per heavy atom. The lowest BCUT2D eigenvalue weighted by molar-refractivity contribution is 0.311. The highest BCUT2D eigenvalue weighted by Crippen LogP contribution is 2.27. The molecule has 0 aliphatic carbocycles. The summed E-state index contributed by atoms with van der Waals surface area (Å²) >= 11 is 3.37. The van der Waals surface area contributed by atoms with Gasteiger partial charge in [0.05, 0.1) is 18.2 Å². The minimum absolute atomic E-state index is 0.129. The fraction of sp³-hybridized carbons (Fsp3) is 0.333. The van der Waals surface area contributed by atoms with Crippen LogP contribution in [0.15, 0.2) is 22.7 Å². The highest BCUT2D eigenvalue weighted by molar-refractivity contribution is 9.10. The zero-order valence-electron chi connectivity index (χ0n) is 7.38. The molecule has 2 N–H and O–H groups in total. The summed E-state index contributed by atoms with van der Waals surface area (Å²) in [5, 5.41) is 11.6. The standard InChI is InChI=1S/C9H12BrNO2/c1-13-9-3-2-7(6-8(9)10)11-4-5-12/h2-3,6,11-12H,4-5H2,1H3. The van der Waals surface area contributed by atoms with Gasteiger partial charge in [-0.25, -0.2) is 0 Å². The predicted octanol–water partition coefficient (Wildman–Crippen LogP) is 1.86. The first-order valence-electron chi connectivity index (χ1n) is 3.96. The number of methoxy groups -OCH3 is 1. The number of anilines is 1. The van der Waals surface area contributed by atoms with Crippen molar-refractivity contribution in [2.24, 2.45) is 0 Å². The van der Waals surface area contributed by atoms with Gasteiger partial charge in [-0.1, -0.05) is 0 Å². The van der Waals surface area contributed by atoms with Crippen LogP contribution in [-0.4, -0.2) is 25.4 Å². The largest absolute Gasteiger partial charge is 0.496 e. The second kappa shape index (κ2) is 5.09. The summed E-state index contributed by atoms with van der Waals surface area (Å²) < 4.78 is 5.98. The van der Waals surface area contributed by atoms with E-state index in [1.807, 2.05) is 18.2 Å². The van der Waals surface area contributed by atoms with Crippen molar-refractivity contribution in [3.8, 4) is 5.75 Å². The first-order valence-corrected chi connectivity index (χ1v) is 4.75. The van der Waals surface area contributed by atoms with Crippen LogP contribution < -0.4 is 10.1 Å². The molecule has 0 radical (unpaired) electrons.